The van der Waals surface area contributed by atoms with Crippen molar-refractivity contribution in [3.63, 3.8) is 0 Å². The van der Waals surface area contributed by atoms with E-state index in [2.05, 4.69) is 0 Å². The summed E-state index contributed by atoms with van der Waals surface area (Å²) >= 11 is 0. The van der Waals surface area contributed by atoms with Crippen molar-refractivity contribution in [2.75, 3.05) is 24.6 Å². The Balaban J connectivity index is 1.99. The number of aliphatic hydroxyl groups excluding tert-OH is 1. The van der Waals surface area contributed by atoms with Gasteiger partial charge in [-0.2, -0.15) is 13.2 Å². The maximum Gasteiger partial charge on any atom is 0.418 e. The zero-order valence-corrected chi connectivity index (χ0v) is 17.2. The van der Waals surface area contributed by atoms with Crippen LogP contribution in [0.4, 0.5) is 23.2 Å². The molecular weight excluding hydrogens is 414 g/mol. The number of phenolic OH excluding ortho intramolecular Hbond substituents is 1. The second-order valence-electron chi connectivity index (χ2n) is 8.63. The molecule has 0 saturated carbocycles. The molecule has 3 N–H and O–H groups in total. The van der Waals surface area contributed by atoms with Crippen molar-refractivity contribution in [1.29, 1.82) is 0 Å². The molecule has 1 heterocycles. The Kier molecular flexibility index (Phi) is 6.08. The van der Waals surface area contributed by atoms with Crippen LogP contribution in [0.2, 0.25) is 0 Å². The molecule has 0 amide bonds. The zero-order chi connectivity index (χ0) is 23.0. The average molecular weight is 439 g/mol. The minimum atomic E-state index is -5.00. The van der Waals surface area contributed by atoms with E-state index in [4.69, 9.17) is 0 Å². The van der Waals surface area contributed by atoms with Crippen LogP contribution in [0.1, 0.15) is 31.4 Å². The molecule has 1 unspecified atom stereocenters. The SMILES string of the molecule is CC(C)(CC(O)(CN1CC(CO)=Cc2ccccc21)C(F)(F)F)c1cc(F)ccc1O. The first kappa shape index (κ1) is 23.1. The maximum absolute atomic E-state index is 14.2. The van der Waals surface area contributed by atoms with Gasteiger partial charge in [0.15, 0.2) is 5.60 Å². The van der Waals surface area contributed by atoms with E-state index in [1.54, 1.807) is 30.3 Å². The Morgan fingerprint density at radius 1 is 1.06 bits per heavy atom. The highest BCUT2D eigenvalue weighted by molar-refractivity contribution is 5.73. The van der Waals surface area contributed by atoms with Crippen LogP contribution in [0.5, 0.6) is 5.75 Å². The van der Waals surface area contributed by atoms with E-state index in [9.17, 15) is 32.9 Å². The number of aliphatic hydroxyl groups is 2. The smallest absolute Gasteiger partial charge is 0.418 e. The molecule has 2 aromatic rings. The van der Waals surface area contributed by atoms with E-state index in [0.717, 1.165) is 18.2 Å². The highest BCUT2D eigenvalue weighted by Crippen LogP contribution is 2.45. The lowest BCUT2D eigenvalue weighted by molar-refractivity contribution is -0.262. The third kappa shape index (κ3) is 4.70. The predicted octanol–water partition coefficient (Wildman–Crippen LogP) is 4.39. The fraction of sp³-hybridized carbons (Fsp3) is 0.391. The van der Waals surface area contributed by atoms with Gasteiger partial charge >= 0.3 is 6.18 Å². The van der Waals surface area contributed by atoms with Gasteiger partial charge in [-0.15, -0.1) is 0 Å². The van der Waals surface area contributed by atoms with Crippen molar-refractivity contribution in [3.05, 3.63) is 65.0 Å². The Bertz CT molecular complexity index is 987. The normalized spacial score (nSPS) is 16.5. The molecule has 0 saturated heterocycles. The molecule has 0 bridgehead atoms. The predicted molar refractivity (Wildman–Crippen MR) is 110 cm³/mol. The van der Waals surface area contributed by atoms with Gasteiger partial charge in [-0.25, -0.2) is 4.39 Å². The van der Waals surface area contributed by atoms with Gasteiger partial charge in [0.25, 0.3) is 0 Å². The van der Waals surface area contributed by atoms with E-state index in [-0.39, 0.29) is 24.5 Å². The largest absolute Gasteiger partial charge is 0.508 e. The van der Waals surface area contributed by atoms with E-state index in [0.29, 0.717) is 16.8 Å². The molecule has 0 fully saturated rings. The first-order valence-electron chi connectivity index (χ1n) is 9.79. The molecule has 0 aliphatic carbocycles. The average Bonchev–Trinajstić information content (AvgIpc) is 2.68. The lowest BCUT2D eigenvalue weighted by atomic mass is 9.74. The quantitative estimate of drug-likeness (QED) is 0.585. The van der Waals surface area contributed by atoms with Gasteiger partial charge in [-0.05, 0) is 53.3 Å². The molecule has 1 atom stereocenters. The number of fused-ring (bicyclic) bond motifs is 1. The molecule has 0 spiro atoms. The standard InChI is InChI=1S/C23H25F4NO3/c1-21(2,18-10-17(24)7-8-20(18)30)13-22(31,23(25,26)27)14-28-11-15(12-29)9-16-5-3-4-6-19(16)28/h3-10,29-31H,11-14H2,1-2H3. The van der Waals surface area contributed by atoms with Gasteiger partial charge in [0.05, 0.1) is 13.2 Å². The first-order valence-corrected chi connectivity index (χ1v) is 9.79. The summed E-state index contributed by atoms with van der Waals surface area (Å²) in [6.45, 7) is 1.75. The highest BCUT2D eigenvalue weighted by Gasteiger charge is 2.57. The van der Waals surface area contributed by atoms with Crippen molar-refractivity contribution < 1.29 is 32.9 Å². The van der Waals surface area contributed by atoms with E-state index >= 15 is 0 Å². The molecule has 0 aromatic heterocycles. The van der Waals surface area contributed by atoms with Crippen LogP contribution in [-0.2, 0) is 5.41 Å². The molecule has 1 aliphatic rings. The minimum absolute atomic E-state index is 0.0230. The summed E-state index contributed by atoms with van der Waals surface area (Å²) in [7, 11) is 0. The summed E-state index contributed by atoms with van der Waals surface area (Å²) in [5.74, 6) is -1.04. The number of benzene rings is 2. The second-order valence-corrected chi connectivity index (χ2v) is 8.63. The molecule has 168 valence electrons. The summed E-state index contributed by atoms with van der Waals surface area (Å²) in [5.41, 5.74) is -2.92. The number of alkyl halides is 3. The van der Waals surface area contributed by atoms with Crippen molar-refractivity contribution in [1.82, 2.24) is 0 Å². The molecular formula is C23H25F4NO3. The fourth-order valence-corrected chi connectivity index (χ4v) is 4.17. The van der Waals surface area contributed by atoms with Crippen LogP contribution in [0.25, 0.3) is 6.08 Å². The van der Waals surface area contributed by atoms with Gasteiger partial charge in [0.2, 0.25) is 0 Å². The van der Waals surface area contributed by atoms with Crippen LogP contribution in [0, 0.1) is 5.82 Å². The first-order chi connectivity index (χ1) is 14.4. The third-order valence-electron chi connectivity index (χ3n) is 5.64. The third-order valence-corrected chi connectivity index (χ3v) is 5.64. The summed E-state index contributed by atoms with van der Waals surface area (Å²) in [6, 6.07) is 9.87. The number of β-amino-alcohol motifs (C(OH)–C–C–N with tert-alkyl or cyclic N) is 1. The van der Waals surface area contributed by atoms with Crippen molar-refractivity contribution >= 4 is 11.8 Å². The van der Waals surface area contributed by atoms with Gasteiger partial charge in [0.1, 0.15) is 11.6 Å². The van der Waals surface area contributed by atoms with Crippen LogP contribution < -0.4 is 4.90 Å². The Labute approximate surface area is 178 Å². The number of phenols is 1. The van der Waals surface area contributed by atoms with Gasteiger partial charge in [-0.1, -0.05) is 32.0 Å². The maximum atomic E-state index is 14.2. The molecule has 8 heteroatoms. The fourth-order valence-electron chi connectivity index (χ4n) is 4.17. The van der Waals surface area contributed by atoms with Crippen LogP contribution in [-0.4, -0.2) is 46.8 Å². The monoisotopic (exact) mass is 439 g/mol. The number of hydrogen-bond donors (Lipinski definition) is 3. The Morgan fingerprint density at radius 2 is 1.74 bits per heavy atom. The molecule has 3 rings (SSSR count). The van der Waals surface area contributed by atoms with Crippen molar-refractivity contribution in [2.24, 2.45) is 0 Å². The summed E-state index contributed by atoms with van der Waals surface area (Å²) in [5, 5.41) is 30.6. The van der Waals surface area contributed by atoms with E-state index in [1.165, 1.54) is 18.7 Å². The number of rotatable bonds is 6. The Morgan fingerprint density at radius 3 is 2.39 bits per heavy atom. The number of para-hydroxylation sites is 1. The second kappa shape index (κ2) is 8.16. The van der Waals surface area contributed by atoms with Gasteiger partial charge in [-0.3, -0.25) is 0 Å². The molecule has 1 aliphatic heterocycles. The highest BCUT2D eigenvalue weighted by atomic mass is 19.4. The lowest BCUT2D eigenvalue weighted by Crippen LogP contribution is -2.57. The van der Waals surface area contributed by atoms with Crippen LogP contribution in [0.15, 0.2) is 48.0 Å². The Hall–Kier alpha value is -2.58. The van der Waals surface area contributed by atoms with Crippen LogP contribution >= 0.6 is 0 Å². The molecule has 4 nitrogen and oxygen atoms in total. The van der Waals surface area contributed by atoms with Gasteiger partial charge in [0, 0.05) is 17.8 Å². The number of anilines is 1. The van der Waals surface area contributed by atoms with E-state index in [1.807, 2.05) is 0 Å². The molecule has 0 radical (unpaired) electrons. The van der Waals surface area contributed by atoms with Gasteiger partial charge < -0.3 is 20.2 Å². The summed E-state index contributed by atoms with van der Waals surface area (Å²) < 4.78 is 56.2. The topological polar surface area (TPSA) is 63.9 Å². The lowest BCUT2D eigenvalue weighted by Gasteiger charge is -2.42. The van der Waals surface area contributed by atoms with E-state index < -0.39 is 36.0 Å². The number of halogens is 4. The summed E-state index contributed by atoms with van der Waals surface area (Å²) in [4.78, 5) is 1.38. The van der Waals surface area contributed by atoms with Crippen molar-refractivity contribution in [2.45, 2.75) is 37.5 Å². The number of nitrogens with zero attached hydrogens (tertiary/aromatic N) is 1. The minimum Gasteiger partial charge on any atom is -0.508 e. The molecule has 31 heavy (non-hydrogen) atoms. The number of aromatic hydroxyl groups is 1. The van der Waals surface area contributed by atoms with Crippen LogP contribution in [0.3, 0.4) is 0 Å². The van der Waals surface area contributed by atoms with Crippen molar-refractivity contribution in [3.8, 4) is 5.75 Å². The molecule has 2 aromatic carbocycles. The number of hydrogen-bond acceptors (Lipinski definition) is 4. The zero-order valence-electron chi connectivity index (χ0n) is 17.2. The summed E-state index contributed by atoms with van der Waals surface area (Å²) in [6.07, 6.45) is -4.09.